The summed E-state index contributed by atoms with van der Waals surface area (Å²) in [5.74, 6) is 4.07. The largest absolute Gasteiger partial charge is 0.414 e. The van der Waals surface area contributed by atoms with E-state index in [9.17, 15) is 5.11 Å². The zero-order chi connectivity index (χ0) is 22.1. The van der Waals surface area contributed by atoms with E-state index in [2.05, 4.69) is 47.7 Å². The van der Waals surface area contributed by atoms with E-state index < -0.39 is 8.32 Å². The molecule has 30 heavy (non-hydrogen) atoms. The van der Waals surface area contributed by atoms with E-state index >= 15 is 0 Å². The van der Waals surface area contributed by atoms with Gasteiger partial charge >= 0.3 is 0 Å². The summed E-state index contributed by atoms with van der Waals surface area (Å²) < 4.78 is 6.91. The van der Waals surface area contributed by atoms with Gasteiger partial charge in [-0.05, 0) is 123 Å². The zero-order valence-electron chi connectivity index (χ0n) is 21.3. The van der Waals surface area contributed by atoms with Crippen molar-refractivity contribution < 1.29 is 9.53 Å². The van der Waals surface area contributed by atoms with Crippen LogP contribution in [0.5, 0.6) is 0 Å². The molecule has 0 spiro atoms. The molecule has 4 aliphatic rings. The van der Waals surface area contributed by atoms with Gasteiger partial charge in [0, 0.05) is 6.10 Å². The summed E-state index contributed by atoms with van der Waals surface area (Å²) in [6, 6.07) is 0. The molecule has 0 unspecified atom stereocenters. The van der Waals surface area contributed by atoms with Gasteiger partial charge in [0.2, 0.25) is 0 Å². The average molecular weight is 435 g/mol. The molecule has 9 atom stereocenters. The highest BCUT2D eigenvalue weighted by Crippen LogP contribution is 2.68. The molecule has 4 fully saturated rings. The highest BCUT2D eigenvalue weighted by Gasteiger charge is 2.60. The summed E-state index contributed by atoms with van der Waals surface area (Å²) >= 11 is 0. The average Bonchev–Trinajstić information content (AvgIpc) is 2.98. The minimum absolute atomic E-state index is 0.133. The highest BCUT2D eigenvalue weighted by molar-refractivity contribution is 6.74. The normalized spacial score (nSPS) is 47.9. The molecule has 3 heteroatoms. The molecule has 0 aromatic rings. The number of aliphatic hydroxyl groups is 1. The van der Waals surface area contributed by atoms with E-state index in [0.717, 1.165) is 23.7 Å². The van der Waals surface area contributed by atoms with Gasteiger partial charge in [0.15, 0.2) is 8.32 Å². The molecule has 0 heterocycles. The molecular formula is C27H50O2Si. The summed E-state index contributed by atoms with van der Waals surface area (Å²) in [5.41, 5.74) is 0.918. The van der Waals surface area contributed by atoms with Crippen molar-refractivity contribution in [3.63, 3.8) is 0 Å². The van der Waals surface area contributed by atoms with Gasteiger partial charge in [-0.15, -0.1) is 0 Å². The zero-order valence-corrected chi connectivity index (χ0v) is 22.3. The molecular weight excluding hydrogens is 384 g/mol. The van der Waals surface area contributed by atoms with Crippen LogP contribution in [0.3, 0.4) is 0 Å². The van der Waals surface area contributed by atoms with Gasteiger partial charge in [0.25, 0.3) is 0 Å². The first-order chi connectivity index (χ1) is 13.8. The maximum Gasteiger partial charge on any atom is 0.192 e. The van der Waals surface area contributed by atoms with Crippen LogP contribution in [0.4, 0.5) is 0 Å². The lowest BCUT2D eigenvalue weighted by Gasteiger charge is -2.61. The van der Waals surface area contributed by atoms with Crippen molar-refractivity contribution in [2.75, 3.05) is 0 Å². The third-order valence-electron chi connectivity index (χ3n) is 11.5. The van der Waals surface area contributed by atoms with Crippen molar-refractivity contribution >= 4 is 8.32 Å². The Hall–Kier alpha value is 0.137. The summed E-state index contributed by atoms with van der Waals surface area (Å²) in [7, 11) is -1.68. The fourth-order valence-electron chi connectivity index (χ4n) is 8.75. The van der Waals surface area contributed by atoms with Crippen LogP contribution in [-0.2, 0) is 4.43 Å². The number of rotatable bonds is 3. The monoisotopic (exact) mass is 434 g/mol. The second-order valence-corrected chi connectivity index (χ2v) is 18.7. The first-order valence-electron chi connectivity index (χ1n) is 13.2. The van der Waals surface area contributed by atoms with E-state index in [0.29, 0.717) is 27.9 Å². The van der Waals surface area contributed by atoms with Crippen molar-refractivity contribution in [2.24, 2.45) is 40.4 Å². The molecule has 0 saturated heterocycles. The van der Waals surface area contributed by atoms with E-state index in [4.69, 9.17) is 4.43 Å². The van der Waals surface area contributed by atoms with Crippen LogP contribution in [0.15, 0.2) is 0 Å². The predicted molar refractivity (Wildman–Crippen MR) is 129 cm³/mol. The van der Waals surface area contributed by atoms with Crippen molar-refractivity contribution in [1.82, 2.24) is 0 Å². The van der Waals surface area contributed by atoms with Gasteiger partial charge in [-0.2, -0.15) is 0 Å². The molecule has 0 amide bonds. The van der Waals surface area contributed by atoms with E-state index in [1.807, 2.05) is 6.92 Å². The standard InChI is InChI=1S/C27H50O2Si/c1-18(28)22-11-12-23-21-10-9-19-17-20(29-30(7,8)25(2,3)4)13-15-26(19,5)24(21)14-16-27(22,23)6/h18-24,28H,9-17H2,1-8H3/t18-,19+,20+,21-,22+,23-,24-,26-,27+/m1/s1. The van der Waals surface area contributed by atoms with Crippen molar-refractivity contribution in [2.45, 2.75) is 130 Å². The smallest absolute Gasteiger partial charge is 0.192 e. The summed E-state index contributed by atoms with van der Waals surface area (Å²) in [6.45, 7) is 19.2. The fraction of sp³-hybridized carbons (Fsp3) is 1.00. The Morgan fingerprint density at radius 1 is 0.900 bits per heavy atom. The number of aliphatic hydroxyl groups excluding tert-OH is 1. The quantitative estimate of drug-likeness (QED) is 0.468. The maximum atomic E-state index is 10.5. The molecule has 0 aliphatic heterocycles. The Kier molecular flexibility index (Phi) is 5.89. The molecule has 174 valence electrons. The van der Waals surface area contributed by atoms with Gasteiger partial charge in [-0.1, -0.05) is 34.6 Å². The lowest BCUT2D eigenvalue weighted by Crippen LogP contribution is -2.55. The Morgan fingerprint density at radius 3 is 2.17 bits per heavy atom. The maximum absolute atomic E-state index is 10.5. The van der Waals surface area contributed by atoms with Crippen molar-refractivity contribution in [3.05, 3.63) is 0 Å². The van der Waals surface area contributed by atoms with Crippen LogP contribution in [0.2, 0.25) is 18.1 Å². The first kappa shape index (κ1) is 23.3. The molecule has 4 aliphatic carbocycles. The highest BCUT2D eigenvalue weighted by atomic mass is 28.4. The summed E-state index contributed by atoms with van der Waals surface area (Å²) in [4.78, 5) is 0. The third kappa shape index (κ3) is 3.57. The van der Waals surface area contributed by atoms with Crippen LogP contribution in [0.25, 0.3) is 0 Å². The Labute approximate surface area is 188 Å². The molecule has 2 nitrogen and oxygen atoms in total. The van der Waals surface area contributed by atoms with Crippen LogP contribution in [-0.4, -0.2) is 25.6 Å². The molecule has 0 aromatic heterocycles. The second-order valence-electron chi connectivity index (χ2n) is 13.9. The van der Waals surface area contributed by atoms with E-state index in [1.165, 1.54) is 57.8 Å². The molecule has 4 saturated carbocycles. The van der Waals surface area contributed by atoms with Gasteiger partial charge in [-0.25, -0.2) is 0 Å². The molecule has 4 rings (SSSR count). The molecule has 0 bridgehead atoms. The van der Waals surface area contributed by atoms with Crippen molar-refractivity contribution in [3.8, 4) is 0 Å². The van der Waals surface area contributed by atoms with Crippen LogP contribution < -0.4 is 0 Å². The van der Waals surface area contributed by atoms with Crippen LogP contribution in [0.1, 0.15) is 99.3 Å². The van der Waals surface area contributed by atoms with Gasteiger partial charge in [0.1, 0.15) is 0 Å². The summed E-state index contributed by atoms with van der Waals surface area (Å²) in [5, 5.41) is 10.8. The Balaban J connectivity index is 1.48. The van der Waals surface area contributed by atoms with Crippen LogP contribution in [0, 0.1) is 40.4 Å². The predicted octanol–water partition coefficient (Wildman–Crippen LogP) is 7.42. The number of hydrogen-bond donors (Lipinski definition) is 1. The van der Waals surface area contributed by atoms with Gasteiger partial charge in [-0.3, -0.25) is 0 Å². The molecule has 1 N–H and O–H groups in total. The minimum Gasteiger partial charge on any atom is -0.414 e. The van der Waals surface area contributed by atoms with Crippen LogP contribution >= 0.6 is 0 Å². The Morgan fingerprint density at radius 2 is 1.53 bits per heavy atom. The Bertz CT molecular complexity index is 637. The second kappa shape index (κ2) is 7.59. The van der Waals surface area contributed by atoms with Gasteiger partial charge in [0.05, 0.1) is 6.10 Å². The number of hydrogen-bond acceptors (Lipinski definition) is 2. The van der Waals surface area contributed by atoms with Crippen molar-refractivity contribution in [1.29, 1.82) is 0 Å². The number of fused-ring (bicyclic) bond motifs is 5. The SMILES string of the molecule is C[C@@H](O)[C@@H]1CC[C@@H]2[C@H]3CC[C@H]4C[C@@H](O[Si](C)(C)C(C)(C)C)CC[C@@]4(C)[C@@H]3CC[C@]21C. The summed E-state index contributed by atoms with van der Waals surface area (Å²) in [6.07, 6.45) is 12.6. The fourth-order valence-corrected chi connectivity index (χ4v) is 10.2. The topological polar surface area (TPSA) is 29.5 Å². The van der Waals surface area contributed by atoms with E-state index in [-0.39, 0.29) is 6.10 Å². The first-order valence-corrected chi connectivity index (χ1v) is 16.1. The molecule has 0 aromatic carbocycles. The third-order valence-corrected chi connectivity index (χ3v) is 16.1. The van der Waals surface area contributed by atoms with Gasteiger partial charge < -0.3 is 9.53 Å². The minimum atomic E-state index is -1.68. The lowest BCUT2D eigenvalue weighted by atomic mass is 9.44. The molecule has 0 radical (unpaired) electrons. The van der Waals surface area contributed by atoms with E-state index in [1.54, 1.807) is 0 Å². The lowest BCUT2D eigenvalue weighted by molar-refractivity contribution is -0.130.